The zero-order valence-corrected chi connectivity index (χ0v) is 17.6. The summed E-state index contributed by atoms with van der Waals surface area (Å²) in [6.45, 7) is 5.46. The van der Waals surface area contributed by atoms with E-state index in [2.05, 4.69) is 11.8 Å². The Hall–Kier alpha value is -2.37. The molecule has 0 amide bonds. The number of hydrogen-bond donors (Lipinski definition) is 0. The van der Waals surface area contributed by atoms with Crippen LogP contribution in [0.1, 0.15) is 35.7 Å². The van der Waals surface area contributed by atoms with Crippen LogP contribution in [0.3, 0.4) is 0 Å². The zero-order valence-electron chi connectivity index (χ0n) is 16.8. The highest BCUT2D eigenvalue weighted by atomic mass is 35.5. The van der Waals surface area contributed by atoms with Gasteiger partial charge < -0.3 is 14.4 Å². The highest BCUT2D eigenvalue weighted by Crippen LogP contribution is 2.15. The summed E-state index contributed by atoms with van der Waals surface area (Å²) in [4.78, 5) is 25.9. The van der Waals surface area contributed by atoms with Crippen molar-refractivity contribution in [1.82, 2.24) is 4.90 Å². The molecule has 0 saturated heterocycles. The van der Waals surface area contributed by atoms with Crippen LogP contribution in [0.15, 0.2) is 54.6 Å². The second kappa shape index (κ2) is 13.0. The van der Waals surface area contributed by atoms with E-state index in [1.165, 1.54) is 0 Å². The molecule has 29 heavy (non-hydrogen) atoms. The van der Waals surface area contributed by atoms with Crippen molar-refractivity contribution in [3.05, 3.63) is 65.7 Å². The molecule has 0 fully saturated rings. The van der Waals surface area contributed by atoms with Gasteiger partial charge in [-0.05, 0) is 37.2 Å². The lowest BCUT2D eigenvalue weighted by Gasteiger charge is -2.20. The highest BCUT2D eigenvalue weighted by molar-refractivity contribution is 6.18. The molecule has 0 spiro atoms. The van der Waals surface area contributed by atoms with E-state index in [4.69, 9.17) is 21.1 Å². The van der Waals surface area contributed by atoms with E-state index < -0.39 is 0 Å². The lowest BCUT2D eigenvalue weighted by atomic mass is 10.0. The Morgan fingerprint density at radius 2 is 1.62 bits per heavy atom. The van der Waals surface area contributed by atoms with Crippen molar-refractivity contribution in [3.8, 4) is 5.75 Å². The number of likely N-dealkylation sites (N-methyl/N-ethyl adjacent to an activating group) is 1. The van der Waals surface area contributed by atoms with Crippen molar-refractivity contribution in [2.45, 2.75) is 19.8 Å². The summed E-state index contributed by atoms with van der Waals surface area (Å²) in [6.07, 6.45) is 1.10. The van der Waals surface area contributed by atoms with Gasteiger partial charge >= 0.3 is 5.97 Å². The lowest BCUT2D eigenvalue weighted by molar-refractivity contribution is -0.143. The minimum Gasteiger partial charge on any atom is -0.494 e. The fraction of sp³-hybridized carbons (Fsp3) is 0.391. The number of halogens is 1. The number of rotatable bonds is 13. The van der Waals surface area contributed by atoms with Gasteiger partial charge in [0, 0.05) is 30.1 Å². The molecule has 6 heteroatoms. The molecule has 0 radical (unpaired) electrons. The van der Waals surface area contributed by atoms with Gasteiger partial charge in [-0.25, -0.2) is 0 Å². The third kappa shape index (κ3) is 8.26. The maximum atomic E-state index is 12.4. The van der Waals surface area contributed by atoms with E-state index in [1.54, 1.807) is 12.1 Å². The summed E-state index contributed by atoms with van der Waals surface area (Å²) in [5.41, 5.74) is 1.32. The second-order valence-corrected chi connectivity index (χ2v) is 6.89. The Bertz CT molecular complexity index is 749. The summed E-state index contributed by atoms with van der Waals surface area (Å²) in [5, 5.41) is 0. The molecule has 0 aliphatic heterocycles. The smallest absolute Gasteiger partial charge is 0.307 e. The largest absolute Gasteiger partial charge is 0.494 e. The molecule has 0 aliphatic rings. The highest BCUT2D eigenvalue weighted by Gasteiger charge is 2.09. The Kier molecular flexibility index (Phi) is 10.2. The van der Waals surface area contributed by atoms with Gasteiger partial charge in [0.05, 0.1) is 13.0 Å². The van der Waals surface area contributed by atoms with Crippen LogP contribution >= 0.6 is 11.6 Å². The van der Waals surface area contributed by atoms with Crippen molar-refractivity contribution in [3.63, 3.8) is 0 Å². The minimum absolute atomic E-state index is 0.00230. The average Bonchev–Trinajstić information content (AvgIpc) is 2.76. The number of carbonyl (C=O) groups excluding carboxylic acids is 2. The van der Waals surface area contributed by atoms with Gasteiger partial charge in [-0.3, -0.25) is 9.59 Å². The third-order valence-corrected chi connectivity index (χ3v) is 4.65. The molecule has 0 aromatic heterocycles. The fourth-order valence-corrected chi connectivity index (χ4v) is 2.96. The predicted molar refractivity (Wildman–Crippen MR) is 115 cm³/mol. The van der Waals surface area contributed by atoms with Gasteiger partial charge in [-0.15, -0.1) is 11.6 Å². The molecule has 2 rings (SSSR count). The average molecular weight is 418 g/mol. The van der Waals surface area contributed by atoms with Crippen LogP contribution in [0.5, 0.6) is 5.75 Å². The standard InChI is InChI=1S/C23H28ClNO4/c1-2-25(16-18-29-22(26)13-14-24)15-6-17-28-21-11-9-20(10-12-21)23(27)19-7-4-3-5-8-19/h3-5,7-12H,2,6,13-18H2,1H3. The molecule has 5 nitrogen and oxygen atoms in total. The predicted octanol–water partition coefficient (Wildman–Crippen LogP) is 4.18. The summed E-state index contributed by atoms with van der Waals surface area (Å²) in [6, 6.07) is 16.4. The monoisotopic (exact) mass is 417 g/mol. The Morgan fingerprint density at radius 3 is 2.28 bits per heavy atom. The van der Waals surface area contributed by atoms with Crippen molar-refractivity contribution in [2.24, 2.45) is 0 Å². The Balaban J connectivity index is 1.69. The molecule has 2 aromatic rings. The normalized spacial score (nSPS) is 10.7. The quantitative estimate of drug-likeness (QED) is 0.212. The van der Waals surface area contributed by atoms with E-state index in [9.17, 15) is 9.59 Å². The summed E-state index contributed by atoms with van der Waals surface area (Å²) < 4.78 is 10.9. The van der Waals surface area contributed by atoms with Crippen molar-refractivity contribution in [1.29, 1.82) is 0 Å². The Labute approximate surface area is 177 Å². The topological polar surface area (TPSA) is 55.8 Å². The number of alkyl halides is 1. The first kappa shape index (κ1) is 22.9. The van der Waals surface area contributed by atoms with Crippen LogP contribution in [0.2, 0.25) is 0 Å². The summed E-state index contributed by atoms with van der Waals surface area (Å²) >= 11 is 5.51. The molecule has 156 valence electrons. The molecule has 0 N–H and O–H groups in total. The number of esters is 1. The number of nitrogens with zero attached hydrogens (tertiary/aromatic N) is 1. The van der Waals surface area contributed by atoms with Crippen LogP contribution in [0.25, 0.3) is 0 Å². The number of carbonyl (C=O) groups is 2. The van der Waals surface area contributed by atoms with Crippen LogP contribution in [0, 0.1) is 0 Å². The SMILES string of the molecule is CCN(CCCOc1ccc(C(=O)c2ccccc2)cc1)CCOC(=O)CCCl. The zero-order chi connectivity index (χ0) is 20.9. The third-order valence-electron chi connectivity index (χ3n) is 4.46. The van der Waals surface area contributed by atoms with E-state index in [-0.39, 0.29) is 24.1 Å². The summed E-state index contributed by atoms with van der Waals surface area (Å²) in [7, 11) is 0. The van der Waals surface area contributed by atoms with Gasteiger partial charge in [-0.2, -0.15) is 0 Å². The molecule has 0 bridgehead atoms. The van der Waals surface area contributed by atoms with Gasteiger partial charge in [0.2, 0.25) is 0 Å². The summed E-state index contributed by atoms with van der Waals surface area (Å²) in [5.74, 6) is 0.776. The molecule has 0 saturated carbocycles. The number of hydrogen-bond acceptors (Lipinski definition) is 5. The second-order valence-electron chi connectivity index (χ2n) is 6.52. The lowest BCUT2D eigenvalue weighted by Crippen LogP contribution is -2.30. The van der Waals surface area contributed by atoms with Gasteiger partial charge in [-0.1, -0.05) is 37.3 Å². The van der Waals surface area contributed by atoms with Crippen LogP contribution in [0.4, 0.5) is 0 Å². The van der Waals surface area contributed by atoms with Crippen LogP contribution in [-0.4, -0.2) is 55.4 Å². The van der Waals surface area contributed by atoms with Crippen molar-refractivity contribution >= 4 is 23.4 Å². The minimum atomic E-state index is -0.256. The van der Waals surface area contributed by atoms with Crippen LogP contribution < -0.4 is 4.74 Å². The maximum Gasteiger partial charge on any atom is 0.307 e. The molecule has 0 atom stereocenters. The molecule has 0 heterocycles. The molecule has 0 aliphatic carbocycles. The maximum absolute atomic E-state index is 12.4. The molecular formula is C23H28ClNO4. The number of ketones is 1. The van der Waals surface area contributed by atoms with Gasteiger partial charge in [0.25, 0.3) is 0 Å². The molecule has 0 unspecified atom stereocenters. The first-order chi connectivity index (χ1) is 14.1. The van der Waals surface area contributed by atoms with Gasteiger partial charge in [0.1, 0.15) is 12.4 Å². The van der Waals surface area contributed by atoms with Crippen molar-refractivity contribution in [2.75, 3.05) is 38.7 Å². The van der Waals surface area contributed by atoms with Gasteiger partial charge in [0.15, 0.2) is 5.78 Å². The van der Waals surface area contributed by atoms with E-state index >= 15 is 0 Å². The molecule has 2 aromatic carbocycles. The number of benzene rings is 2. The van der Waals surface area contributed by atoms with E-state index in [0.717, 1.165) is 25.3 Å². The van der Waals surface area contributed by atoms with E-state index in [1.807, 2.05) is 42.5 Å². The Morgan fingerprint density at radius 1 is 0.931 bits per heavy atom. The number of ether oxygens (including phenoxy) is 2. The molecular weight excluding hydrogens is 390 g/mol. The van der Waals surface area contributed by atoms with Crippen LogP contribution in [-0.2, 0) is 9.53 Å². The first-order valence-electron chi connectivity index (χ1n) is 9.90. The van der Waals surface area contributed by atoms with Crippen molar-refractivity contribution < 1.29 is 19.1 Å². The fourth-order valence-electron chi connectivity index (χ4n) is 2.80. The first-order valence-corrected chi connectivity index (χ1v) is 10.4. The van der Waals surface area contributed by atoms with E-state index in [0.29, 0.717) is 30.9 Å².